The normalized spacial score (nSPS) is 30.8. The Hall–Kier alpha value is -1.83. The zero-order valence-electron chi connectivity index (χ0n) is 9.88. The van der Waals surface area contributed by atoms with E-state index in [-0.39, 0.29) is 24.4 Å². The highest BCUT2D eigenvalue weighted by molar-refractivity contribution is 5.97. The zero-order valence-corrected chi connectivity index (χ0v) is 9.88. The minimum Gasteiger partial charge on any atom is -0.453 e. The molecule has 2 fully saturated rings. The van der Waals surface area contributed by atoms with Crippen molar-refractivity contribution >= 4 is 17.9 Å². The molecule has 0 aromatic heterocycles. The largest absolute Gasteiger partial charge is 0.453 e. The first kappa shape index (κ1) is 12.6. The molecule has 0 aromatic carbocycles. The van der Waals surface area contributed by atoms with Gasteiger partial charge in [-0.25, -0.2) is 4.79 Å². The van der Waals surface area contributed by atoms with Crippen molar-refractivity contribution in [2.45, 2.75) is 24.5 Å². The lowest BCUT2D eigenvalue weighted by atomic mass is 10.1. The summed E-state index contributed by atoms with van der Waals surface area (Å²) in [5.41, 5.74) is 0. The summed E-state index contributed by atoms with van der Waals surface area (Å²) >= 11 is 0. The number of aliphatic hydroxyl groups is 1. The average molecular weight is 257 g/mol. The molecule has 0 unspecified atom stereocenters. The van der Waals surface area contributed by atoms with E-state index in [9.17, 15) is 14.4 Å². The molecule has 3 amide bonds. The summed E-state index contributed by atoms with van der Waals surface area (Å²) in [6, 6.07) is -1.78. The van der Waals surface area contributed by atoms with E-state index in [0.29, 0.717) is 6.42 Å². The quantitative estimate of drug-likeness (QED) is 0.520. The number of methoxy groups -OCH3 is 1. The van der Waals surface area contributed by atoms with Crippen molar-refractivity contribution in [2.24, 2.45) is 0 Å². The number of rotatable bonds is 2. The fourth-order valence-electron chi connectivity index (χ4n) is 2.31. The molecule has 0 aliphatic carbocycles. The molecule has 8 heteroatoms. The van der Waals surface area contributed by atoms with Crippen molar-refractivity contribution < 1.29 is 24.2 Å². The van der Waals surface area contributed by atoms with Gasteiger partial charge in [0.15, 0.2) is 0 Å². The highest BCUT2D eigenvalue weighted by Crippen LogP contribution is 2.22. The lowest BCUT2D eigenvalue weighted by molar-refractivity contribution is -0.148. The maximum absolute atomic E-state index is 11.9. The predicted octanol–water partition coefficient (Wildman–Crippen LogP) is -2.20. The van der Waals surface area contributed by atoms with E-state index in [1.165, 1.54) is 12.0 Å². The van der Waals surface area contributed by atoms with Crippen LogP contribution in [0.2, 0.25) is 0 Å². The average Bonchev–Trinajstić information content (AvgIpc) is 2.78. The summed E-state index contributed by atoms with van der Waals surface area (Å²) < 4.78 is 4.47. The lowest BCUT2D eigenvalue weighted by Crippen LogP contribution is -2.62. The number of piperazine rings is 1. The first-order valence-electron chi connectivity index (χ1n) is 5.63. The van der Waals surface area contributed by atoms with Gasteiger partial charge in [-0.15, -0.1) is 0 Å². The molecule has 0 spiro atoms. The number of hydrogen-bond donors (Lipinski definition) is 3. The Kier molecular flexibility index (Phi) is 3.37. The fourth-order valence-corrected chi connectivity index (χ4v) is 2.31. The van der Waals surface area contributed by atoms with Crippen molar-refractivity contribution in [3.8, 4) is 0 Å². The monoisotopic (exact) mass is 257 g/mol. The van der Waals surface area contributed by atoms with E-state index in [2.05, 4.69) is 15.4 Å². The summed E-state index contributed by atoms with van der Waals surface area (Å²) in [6.45, 7) is -0.175. The number of amides is 3. The molecule has 0 aromatic rings. The molecule has 2 aliphatic rings. The van der Waals surface area contributed by atoms with E-state index in [1.54, 1.807) is 0 Å². The number of fused-ring (bicyclic) bond motifs is 1. The number of hydrogen-bond acceptors (Lipinski definition) is 5. The molecule has 3 N–H and O–H groups in total. The number of aliphatic hydroxyl groups excluding tert-OH is 1. The molecular formula is C10H15N3O5. The van der Waals surface area contributed by atoms with Gasteiger partial charge in [0.05, 0.1) is 19.8 Å². The first-order chi connectivity index (χ1) is 8.56. The van der Waals surface area contributed by atoms with Crippen LogP contribution < -0.4 is 10.6 Å². The summed E-state index contributed by atoms with van der Waals surface area (Å²) in [6.07, 6.45) is -0.239. The highest BCUT2D eigenvalue weighted by Gasteiger charge is 2.46. The molecule has 0 bridgehead atoms. The number of ether oxygens (including phenoxy) is 1. The number of carbonyl (C=O) groups is 3. The van der Waals surface area contributed by atoms with Crippen molar-refractivity contribution in [1.82, 2.24) is 15.5 Å². The SMILES string of the molecule is COC(=O)N[C@H]1C[C@H]2C(=O)N[C@@H](CO)C(=O)N2C1. The van der Waals surface area contributed by atoms with Crippen LogP contribution in [0.1, 0.15) is 6.42 Å². The van der Waals surface area contributed by atoms with Crippen LogP contribution in [0.4, 0.5) is 4.79 Å². The third-order valence-electron chi connectivity index (χ3n) is 3.19. The van der Waals surface area contributed by atoms with Crippen LogP contribution in [-0.2, 0) is 14.3 Å². The molecule has 18 heavy (non-hydrogen) atoms. The highest BCUT2D eigenvalue weighted by atomic mass is 16.5. The Labute approximate surface area is 103 Å². The Morgan fingerprint density at radius 3 is 2.94 bits per heavy atom. The van der Waals surface area contributed by atoms with Crippen molar-refractivity contribution in [1.29, 1.82) is 0 Å². The number of alkyl carbamates (subject to hydrolysis) is 1. The standard InChI is InChI=1S/C10H15N3O5/c1-18-10(17)11-5-2-7-8(15)12-6(4-14)9(16)13(7)3-5/h5-7,14H,2-4H2,1H3,(H,11,17)(H,12,15)/t5-,6-,7-/m0/s1. The van der Waals surface area contributed by atoms with Crippen LogP contribution in [0.15, 0.2) is 0 Å². The molecule has 2 aliphatic heterocycles. The van der Waals surface area contributed by atoms with Gasteiger partial charge in [0.2, 0.25) is 11.8 Å². The number of nitrogens with one attached hydrogen (secondary N) is 2. The maximum Gasteiger partial charge on any atom is 0.407 e. The number of nitrogens with zero attached hydrogens (tertiary/aromatic N) is 1. The fraction of sp³-hybridized carbons (Fsp3) is 0.700. The first-order valence-corrected chi connectivity index (χ1v) is 5.63. The van der Waals surface area contributed by atoms with Crippen LogP contribution in [-0.4, -0.2) is 66.3 Å². The van der Waals surface area contributed by atoms with E-state index < -0.39 is 24.8 Å². The summed E-state index contributed by atoms with van der Waals surface area (Å²) in [5.74, 6) is -0.626. The second-order valence-electron chi connectivity index (χ2n) is 4.32. The second kappa shape index (κ2) is 4.81. The van der Waals surface area contributed by atoms with Crippen LogP contribution in [0, 0.1) is 0 Å². The molecule has 8 nitrogen and oxygen atoms in total. The van der Waals surface area contributed by atoms with Gasteiger partial charge < -0.3 is 25.4 Å². The molecule has 0 radical (unpaired) electrons. The van der Waals surface area contributed by atoms with Gasteiger partial charge in [0, 0.05) is 6.54 Å². The Bertz CT molecular complexity index is 386. The minimum atomic E-state index is -0.884. The smallest absolute Gasteiger partial charge is 0.407 e. The molecular weight excluding hydrogens is 242 g/mol. The number of carbonyl (C=O) groups excluding carboxylic acids is 3. The van der Waals surface area contributed by atoms with Gasteiger partial charge in [0.25, 0.3) is 0 Å². The van der Waals surface area contributed by atoms with E-state index >= 15 is 0 Å². The topological polar surface area (TPSA) is 108 Å². The van der Waals surface area contributed by atoms with Gasteiger partial charge in [-0.1, -0.05) is 0 Å². The lowest BCUT2D eigenvalue weighted by Gasteiger charge is -2.33. The van der Waals surface area contributed by atoms with E-state index in [0.717, 1.165) is 0 Å². The Morgan fingerprint density at radius 1 is 1.61 bits per heavy atom. The van der Waals surface area contributed by atoms with E-state index in [4.69, 9.17) is 5.11 Å². The third kappa shape index (κ3) is 2.10. The summed E-state index contributed by atoms with van der Waals surface area (Å²) in [4.78, 5) is 36.1. The van der Waals surface area contributed by atoms with Gasteiger partial charge >= 0.3 is 6.09 Å². The van der Waals surface area contributed by atoms with E-state index in [1.807, 2.05) is 0 Å². The zero-order chi connectivity index (χ0) is 13.3. The van der Waals surface area contributed by atoms with Gasteiger partial charge in [0.1, 0.15) is 12.1 Å². The predicted molar refractivity (Wildman–Crippen MR) is 58.5 cm³/mol. The van der Waals surface area contributed by atoms with Crippen LogP contribution in [0.5, 0.6) is 0 Å². The molecule has 3 atom stereocenters. The van der Waals surface area contributed by atoms with Crippen LogP contribution >= 0.6 is 0 Å². The molecule has 2 heterocycles. The Morgan fingerprint density at radius 2 is 2.33 bits per heavy atom. The van der Waals surface area contributed by atoms with Gasteiger partial charge in [-0.05, 0) is 6.42 Å². The van der Waals surface area contributed by atoms with Crippen LogP contribution in [0.3, 0.4) is 0 Å². The van der Waals surface area contributed by atoms with Crippen LogP contribution in [0.25, 0.3) is 0 Å². The van der Waals surface area contributed by atoms with Gasteiger partial charge in [-0.2, -0.15) is 0 Å². The Balaban J connectivity index is 2.05. The van der Waals surface area contributed by atoms with Crippen molar-refractivity contribution in [2.75, 3.05) is 20.3 Å². The molecule has 2 saturated heterocycles. The molecule has 2 rings (SSSR count). The molecule has 100 valence electrons. The molecule has 0 saturated carbocycles. The van der Waals surface area contributed by atoms with Crippen molar-refractivity contribution in [3.63, 3.8) is 0 Å². The summed E-state index contributed by atoms with van der Waals surface area (Å²) in [7, 11) is 1.25. The summed E-state index contributed by atoms with van der Waals surface area (Å²) in [5, 5.41) is 14.0. The second-order valence-corrected chi connectivity index (χ2v) is 4.32. The minimum absolute atomic E-state index is 0.252. The third-order valence-corrected chi connectivity index (χ3v) is 3.19. The van der Waals surface area contributed by atoms with Gasteiger partial charge in [-0.3, -0.25) is 9.59 Å². The maximum atomic E-state index is 11.9. The van der Waals surface area contributed by atoms with Crippen molar-refractivity contribution in [3.05, 3.63) is 0 Å².